The lowest BCUT2D eigenvalue weighted by Gasteiger charge is -2.13. The van der Waals surface area contributed by atoms with E-state index in [0.29, 0.717) is 30.6 Å². The number of benzene rings is 1. The SMILES string of the molecule is CCOc1ccc(/C=C/C(=O)O[C@H](C)C(=O)NCC(C)C)cc1OC. The fourth-order valence-corrected chi connectivity index (χ4v) is 1.94. The zero-order valence-corrected chi connectivity index (χ0v) is 15.5. The molecule has 1 atom stereocenters. The van der Waals surface area contributed by atoms with Gasteiger partial charge in [-0.1, -0.05) is 19.9 Å². The van der Waals surface area contributed by atoms with Crippen molar-refractivity contribution in [1.29, 1.82) is 0 Å². The Morgan fingerprint density at radius 2 is 1.92 bits per heavy atom. The lowest BCUT2D eigenvalue weighted by Crippen LogP contribution is -2.37. The first-order chi connectivity index (χ1) is 11.9. The van der Waals surface area contributed by atoms with Gasteiger partial charge in [0.25, 0.3) is 5.91 Å². The number of carbonyl (C=O) groups is 2. The number of hydrogen-bond donors (Lipinski definition) is 1. The Kier molecular flexibility index (Phi) is 8.53. The number of nitrogens with one attached hydrogen (secondary N) is 1. The number of rotatable bonds is 9. The highest BCUT2D eigenvalue weighted by atomic mass is 16.5. The van der Waals surface area contributed by atoms with E-state index in [1.54, 1.807) is 38.3 Å². The molecule has 0 unspecified atom stereocenters. The van der Waals surface area contributed by atoms with Crippen LogP contribution in [0.3, 0.4) is 0 Å². The van der Waals surface area contributed by atoms with Gasteiger partial charge in [0.1, 0.15) is 0 Å². The van der Waals surface area contributed by atoms with E-state index < -0.39 is 12.1 Å². The van der Waals surface area contributed by atoms with Crippen LogP contribution in [0.15, 0.2) is 24.3 Å². The third kappa shape index (κ3) is 7.28. The summed E-state index contributed by atoms with van der Waals surface area (Å²) in [4.78, 5) is 23.6. The molecule has 0 heterocycles. The van der Waals surface area contributed by atoms with Crippen LogP contribution >= 0.6 is 0 Å². The second-order valence-corrected chi connectivity index (χ2v) is 5.89. The van der Waals surface area contributed by atoms with E-state index in [1.165, 1.54) is 6.08 Å². The van der Waals surface area contributed by atoms with Crippen LogP contribution in [0.4, 0.5) is 0 Å². The Morgan fingerprint density at radius 3 is 2.52 bits per heavy atom. The molecule has 0 fully saturated rings. The van der Waals surface area contributed by atoms with Crippen LogP contribution in [0.1, 0.15) is 33.3 Å². The van der Waals surface area contributed by atoms with Gasteiger partial charge in [-0.3, -0.25) is 4.79 Å². The van der Waals surface area contributed by atoms with Gasteiger partial charge in [0, 0.05) is 12.6 Å². The highest BCUT2D eigenvalue weighted by Gasteiger charge is 2.16. The Balaban J connectivity index is 2.62. The van der Waals surface area contributed by atoms with Crippen molar-refractivity contribution in [3.8, 4) is 11.5 Å². The Bertz CT molecular complexity index is 610. The van der Waals surface area contributed by atoms with Crippen LogP contribution in [-0.4, -0.2) is 38.2 Å². The predicted octanol–water partition coefficient (Wildman–Crippen LogP) is 2.81. The number of carbonyl (C=O) groups excluding carboxylic acids is 2. The third-order valence-corrected chi connectivity index (χ3v) is 3.25. The molecule has 1 rings (SSSR count). The molecule has 0 bridgehead atoms. The molecule has 25 heavy (non-hydrogen) atoms. The molecule has 1 aromatic rings. The molecule has 1 aromatic carbocycles. The molecule has 0 spiro atoms. The second-order valence-electron chi connectivity index (χ2n) is 5.89. The first-order valence-electron chi connectivity index (χ1n) is 8.34. The van der Waals surface area contributed by atoms with Crippen molar-refractivity contribution < 1.29 is 23.8 Å². The lowest BCUT2D eigenvalue weighted by atomic mass is 10.2. The minimum absolute atomic E-state index is 0.307. The normalized spacial score (nSPS) is 12.1. The first-order valence-corrected chi connectivity index (χ1v) is 8.34. The number of amides is 1. The molecule has 0 aliphatic carbocycles. The van der Waals surface area contributed by atoms with Crippen LogP contribution in [0, 0.1) is 5.92 Å². The predicted molar refractivity (Wildman–Crippen MR) is 96.6 cm³/mol. The monoisotopic (exact) mass is 349 g/mol. The number of methoxy groups -OCH3 is 1. The number of ether oxygens (including phenoxy) is 3. The smallest absolute Gasteiger partial charge is 0.331 e. The van der Waals surface area contributed by atoms with Crippen LogP contribution < -0.4 is 14.8 Å². The molecule has 6 nitrogen and oxygen atoms in total. The maximum atomic E-state index is 11.8. The van der Waals surface area contributed by atoms with E-state index in [0.717, 1.165) is 5.56 Å². The zero-order valence-electron chi connectivity index (χ0n) is 15.5. The minimum Gasteiger partial charge on any atom is -0.493 e. The molecule has 0 saturated carbocycles. The molecule has 0 aromatic heterocycles. The highest BCUT2D eigenvalue weighted by Crippen LogP contribution is 2.28. The average Bonchev–Trinajstić information content (AvgIpc) is 2.58. The number of esters is 1. The van der Waals surface area contributed by atoms with Crippen molar-refractivity contribution in [2.75, 3.05) is 20.3 Å². The molecule has 138 valence electrons. The molecular weight excluding hydrogens is 322 g/mol. The Hall–Kier alpha value is -2.50. The van der Waals surface area contributed by atoms with Gasteiger partial charge >= 0.3 is 5.97 Å². The van der Waals surface area contributed by atoms with Gasteiger partial charge in [0.05, 0.1) is 13.7 Å². The summed E-state index contributed by atoms with van der Waals surface area (Å²) in [7, 11) is 1.55. The van der Waals surface area contributed by atoms with Gasteiger partial charge in [-0.05, 0) is 43.5 Å². The topological polar surface area (TPSA) is 73.9 Å². The average molecular weight is 349 g/mol. The largest absolute Gasteiger partial charge is 0.493 e. The summed E-state index contributed by atoms with van der Waals surface area (Å²) >= 11 is 0. The van der Waals surface area contributed by atoms with Crippen molar-refractivity contribution in [3.05, 3.63) is 29.8 Å². The summed E-state index contributed by atoms with van der Waals surface area (Å²) in [6.07, 6.45) is 2.03. The zero-order chi connectivity index (χ0) is 18.8. The summed E-state index contributed by atoms with van der Waals surface area (Å²) in [6.45, 7) is 8.50. The van der Waals surface area contributed by atoms with Gasteiger partial charge in [0.2, 0.25) is 0 Å². The maximum absolute atomic E-state index is 11.8. The van der Waals surface area contributed by atoms with E-state index in [9.17, 15) is 9.59 Å². The summed E-state index contributed by atoms with van der Waals surface area (Å²) in [5.74, 6) is 0.665. The van der Waals surface area contributed by atoms with E-state index in [4.69, 9.17) is 14.2 Å². The van der Waals surface area contributed by atoms with E-state index in [-0.39, 0.29) is 5.91 Å². The number of hydrogen-bond acceptors (Lipinski definition) is 5. The molecule has 0 saturated heterocycles. The molecule has 1 N–H and O–H groups in total. The van der Waals surface area contributed by atoms with Crippen molar-refractivity contribution in [2.24, 2.45) is 5.92 Å². The van der Waals surface area contributed by atoms with Crippen LogP contribution in [0.5, 0.6) is 11.5 Å². The van der Waals surface area contributed by atoms with Crippen molar-refractivity contribution in [3.63, 3.8) is 0 Å². The third-order valence-electron chi connectivity index (χ3n) is 3.25. The Labute approximate surface area is 149 Å². The standard InChI is InChI=1S/C19H27NO5/c1-6-24-16-9-7-15(11-17(16)23-5)8-10-18(21)25-14(4)19(22)20-12-13(2)3/h7-11,13-14H,6,12H2,1-5H3,(H,20,22)/b10-8+/t14-/m1/s1. The van der Waals surface area contributed by atoms with Crippen molar-refractivity contribution in [1.82, 2.24) is 5.32 Å². The first kappa shape index (κ1) is 20.5. The Morgan fingerprint density at radius 1 is 1.20 bits per heavy atom. The summed E-state index contributed by atoms with van der Waals surface area (Å²) in [5.41, 5.74) is 0.758. The summed E-state index contributed by atoms with van der Waals surface area (Å²) in [5, 5.41) is 2.72. The van der Waals surface area contributed by atoms with Crippen LogP contribution in [0.25, 0.3) is 6.08 Å². The maximum Gasteiger partial charge on any atom is 0.331 e. The minimum atomic E-state index is -0.842. The van der Waals surface area contributed by atoms with Gasteiger partial charge in [0.15, 0.2) is 17.6 Å². The van der Waals surface area contributed by atoms with E-state index in [1.807, 2.05) is 20.8 Å². The van der Waals surface area contributed by atoms with E-state index in [2.05, 4.69) is 5.32 Å². The molecule has 0 radical (unpaired) electrons. The quantitative estimate of drug-likeness (QED) is 0.548. The summed E-state index contributed by atoms with van der Waals surface area (Å²) < 4.78 is 15.8. The molecule has 0 aliphatic rings. The molecule has 0 aliphatic heterocycles. The van der Waals surface area contributed by atoms with Crippen molar-refractivity contribution in [2.45, 2.75) is 33.8 Å². The highest BCUT2D eigenvalue weighted by molar-refractivity contribution is 5.90. The second kappa shape index (κ2) is 10.4. The van der Waals surface area contributed by atoms with Crippen LogP contribution in [0.2, 0.25) is 0 Å². The lowest BCUT2D eigenvalue weighted by molar-refractivity contribution is -0.150. The van der Waals surface area contributed by atoms with Crippen LogP contribution in [-0.2, 0) is 14.3 Å². The van der Waals surface area contributed by atoms with Gasteiger partial charge < -0.3 is 19.5 Å². The molecular formula is C19H27NO5. The molecule has 1 amide bonds. The van der Waals surface area contributed by atoms with Gasteiger partial charge in [-0.25, -0.2) is 4.79 Å². The van der Waals surface area contributed by atoms with E-state index >= 15 is 0 Å². The van der Waals surface area contributed by atoms with Crippen molar-refractivity contribution >= 4 is 18.0 Å². The van der Waals surface area contributed by atoms with Gasteiger partial charge in [-0.15, -0.1) is 0 Å². The summed E-state index contributed by atoms with van der Waals surface area (Å²) in [6, 6.07) is 5.33. The fraction of sp³-hybridized carbons (Fsp3) is 0.474. The van der Waals surface area contributed by atoms with Gasteiger partial charge in [-0.2, -0.15) is 0 Å². The molecule has 6 heteroatoms. The fourth-order valence-electron chi connectivity index (χ4n) is 1.94.